The topological polar surface area (TPSA) is 43.6 Å². The molecule has 2 aromatic heterocycles. The summed E-state index contributed by atoms with van der Waals surface area (Å²) >= 11 is 7.70. The van der Waals surface area contributed by atoms with Crippen LogP contribution in [-0.4, -0.2) is 26.0 Å². The molecule has 0 atom stereocenters. The van der Waals surface area contributed by atoms with Gasteiger partial charge in [-0.05, 0) is 17.7 Å². The molecule has 2 aromatic carbocycles. The van der Waals surface area contributed by atoms with Crippen molar-refractivity contribution in [2.75, 3.05) is 6.26 Å². The summed E-state index contributed by atoms with van der Waals surface area (Å²) in [6, 6.07) is 14.3. The molecule has 0 radical (unpaired) electrons. The molecule has 4 rings (SSSR count). The lowest BCUT2D eigenvalue weighted by Gasteiger charge is -2.08. The van der Waals surface area contributed by atoms with Crippen molar-refractivity contribution in [3.05, 3.63) is 53.8 Å². The number of hydrogen-bond donors (Lipinski definition) is 0. The molecule has 0 saturated heterocycles. The largest absolute Gasteiger partial charge is 0.214 e. The average Bonchev–Trinajstić information content (AvgIpc) is 2.98. The molecule has 0 saturated carbocycles. The van der Waals surface area contributed by atoms with Gasteiger partial charge in [0.1, 0.15) is 5.15 Å². The molecular formula is C16H11ClN4S. The van der Waals surface area contributed by atoms with E-state index in [0.29, 0.717) is 10.3 Å². The monoisotopic (exact) mass is 326 g/mol. The van der Waals surface area contributed by atoms with Crippen LogP contribution in [0.5, 0.6) is 0 Å². The van der Waals surface area contributed by atoms with Gasteiger partial charge in [0.25, 0.3) is 0 Å². The quantitative estimate of drug-likeness (QED) is 0.312. The molecule has 0 bridgehead atoms. The molecule has 0 aliphatic heterocycles. The second-order valence-corrected chi connectivity index (χ2v) is 5.92. The summed E-state index contributed by atoms with van der Waals surface area (Å²) in [4.78, 5) is 8.82. The first-order valence-corrected chi connectivity index (χ1v) is 8.31. The SMILES string of the molecule is CSc1nc(Cl)c2cnn(-c3cccc4ccccc34)c2n1. The van der Waals surface area contributed by atoms with Crippen molar-refractivity contribution in [1.82, 2.24) is 19.7 Å². The van der Waals surface area contributed by atoms with Crippen molar-refractivity contribution in [3.8, 4) is 5.69 Å². The van der Waals surface area contributed by atoms with Crippen molar-refractivity contribution in [2.24, 2.45) is 0 Å². The number of aromatic nitrogens is 4. The summed E-state index contributed by atoms with van der Waals surface area (Å²) in [6.45, 7) is 0. The van der Waals surface area contributed by atoms with E-state index >= 15 is 0 Å². The minimum Gasteiger partial charge on any atom is -0.214 e. The molecule has 0 spiro atoms. The van der Waals surface area contributed by atoms with Crippen LogP contribution in [0.3, 0.4) is 0 Å². The second-order valence-electron chi connectivity index (χ2n) is 4.79. The fourth-order valence-corrected chi connectivity index (χ4v) is 3.14. The zero-order valence-corrected chi connectivity index (χ0v) is 13.3. The fraction of sp³-hybridized carbons (Fsp3) is 0.0625. The van der Waals surface area contributed by atoms with Crippen LogP contribution in [-0.2, 0) is 0 Å². The Bertz CT molecular complexity index is 991. The highest BCUT2D eigenvalue weighted by molar-refractivity contribution is 7.98. The van der Waals surface area contributed by atoms with E-state index in [1.165, 1.54) is 11.8 Å². The molecular weight excluding hydrogens is 316 g/mol. The standard InChI is InChI=1S/C16H11ClN4S/c1-22-16-19-14(17)12-9-18-21(15(12)20-16)13-8-4-6-10-5-2-3-7-11(10)13/h2-9H,1H3. The van der Waals surface area contributed by atoms with Crippen molar-refractivity contribution in [2.45, 2.75) is 5.16 Å². The third-order valence-electron chi connectivity index (χ3n) is 3.54. The highest BCUT2D eigenvalue weighted by Gasteiger charge is 2.13. The molecule has 4 aromatic rings. The number of hydrogen-bond acceptors (Lipinski definition) is 4. The predicted molar refractivity (Wildman–Crippen MR) is 91.0 cm³/mol. The highest BCUT2D eigenvalue weighted by atomic mass is 35.5. The highest BCUT2D eigenvalue weighted by Crippen LogP contribution is 2.28. The van der Waals surface area contributed by atoms with Gasteiger partial charge in [-0.3, -0.25) is 0 Å². The van der Waals surface area contributed by atoms with Crippen LogP contribution in [0.15, 0.2) is 53.8 Å². The Morgan fingerprint density at radius 3 is 2.68 bits per heavy atom. The maximum atomic E-state index is 6.24. The zero-order chi connectivity index (χ0) is 15.1. The Labute approximate surface area is 136 Å². The van der Waals surface area contributed by atoms with Crippen LogP contribution in [0.25, 0.3) is 27.5 Å². The van der Waals surface area contributed by atoms with Crippen molar-refractivity contribution in [3.63, 3.8) is 0 Å². The van der Waals surface area contributed by atoms with Crippen molar-refractivity contribution in [1.29, 1.82) is 0 Å². The first-order chi connectivity index (χ1) is 10.8. The third-order valence-corrected chi connectivity index (χ3v) is 4.37. The summed E-state index contributed by atoms with van der Waals surface area (Å²) in [7, 11) is 0. The molecule has 0 amide bonds. The van der Waals surface area contributed by atoms with E-state index in [9.17, 15) is 0 Å². The lowest BCUT2D eigenvalue weighted by Crippen LogP contribution is -2.00. The van der Waals surface area contributed by atoms with Crippen LogP contribution in [0.4, 0.5) is 0 Å². The van der Waals surface area contributed by atoms with Crippen LogP contribution in [0.1, 0.15) is 0 Å². The fourth-order valence-electron chi connectivity index (χ4n) is 2.52. The first kappa shape index (κ1) is 13.5. The molecule has 0 fully saturated rings. The number of nitrogens with zero attached hydrogens (tertiary/aromatic N) is 4. The van der Waals surface area contributed by atoms with Crippen LogP contribution in [0, 0.1) is 0 Å². The molecule has 2 heterocycles. The average molecular weight is 327 g/mol. The molecule has 0 aliphatic rings. The van der Waals surface area contributed by atoms with E-state index in [-0.39, 0.29) is 0 Å². The lowest BCUT2D eigenvalue weighted by atomic mass is 10.1. The Morgan fingerprint density at radius 2 is 1.82 bits per heavy atom. The van der Waals surface area contributed by atoms with Crippen molar-refractivity contribution >= 4 is 45.2 Å². The van der Waals surface area contributed by atoms with Gasteiger partial charge in [0.15, 0.2) is 10.8 Å². The number of benzene rings is 2. The molecule has 6 heteroatoms. The second kappa shape index (κ2) is 5.26. The summed E-state index contributed by atoms with van der Waals surface area (Å²) in [5.74, 6) is 0. The van der Waals surface area contributed by atoms with Gasteiger partial charge in [-0.15, -0.1) is 0 Å². The third kappa shape index (κ3) is 2.05. The van der Waals surface area contributed by atoms with Crippen LogP contribution >= 0.6 is 23.4 Å². The molecule has 0 N–H and O–H groups in total. The van der Waals surface area contributed by atoms with Crippen LogP contribution in [0.2, 0.25) is 5.15 Å². The number of thioether (sulfide) groups is 1. The summed E-state index contributed by atoms with van der Waals surface area (Å²) < 4.78 is 1.82. The Balaban J connectivity index is 2.07. The van der Waals surface area contributed by atoms with E-state index < -0.39 is 0 Å². The van der Waals surface area contributed by atoms with E-state index in [0.717, 1.165) is 27.5 Å². The number of rotatable bonds is 2. The van der Waals surface area contributed by atoms with Gasteiger partial charge in [0.05, 0.1) is 17.3 Å². The van der Waals surface area contributed by atoms with Crippen molar-refractivity contribution < 1.29 is 0 Å². The zero-order valence-electron chi connectivity index (χ0n) is 11.7. The number of fused-ring (bicyclic) bond motifs is 2. The van der Waals surface area contributed by atoms with Gasteiger partial charge in [0, 0.05) is 5.39 Å². The molecule has 108 valence electrons. The van der Waals surface area contributed by atoms with Crippen LogP contribution < -0.4 is 0 Å². The lowest BCUT2D eigenvalue weighted by molar-refractivity contribution is 0.883. The van der Waals surface area contributed by atoms with E-state index in [2.05, 4.69) is 33.3 Å². The predicted octanol–water partition coefficient (Wildman–Crippen LogP) is 4.34. The summed E-state index contributed by atoms with van der Waals surface area (Å²) in [5.41, 5.74) is 1.70. The minimum absolute atomic E-state index is 0.431. The van der Waals surface area contributed by atoms with Gasteiger partial charge in [-0.25, -0.2) is 14.6 Å². The Morgan fingerprint density at radius 1 is 1.00 bits per heavy atom. The molecule has 0 unspecified atom stereocenters. The van der Waals surface area contributed by atoms with Gasteiger partial charge in [0.2, 0.25) is 0 Å². The minimum atomic E-state index is 0.431. The first-order valence-electron chi connectivity index (χ1n) is 6.71. The molecule has 4 nitrogen and oxygen atoms in total. The maximum absolute atomic E-state index is 6.24. The van der Waals surface area contributed by atoms with Gasteiger partial charge < -0.3 is 0 Å². The normalized spacial score (nSPS) is 11.4. The van der Waals surface area contributed by atoms with E-state index in [1.807, 2.05) is 35.2 Å². The molecule has 22 heavy (non-hydrogen) atoms. The Hall–Kier alpha value is -2.11. The molecule has 0 aliphatic carbocycles. The summed E-state index contributed by atoms with van der Waals surface area (Å²) in [6.07, 6.45) is 3.64. The van der Waals surface area contributed by atoms with Gasteiger partial charge in [-0.2, -0.15) is 5.10 Å². The maximum Gasteiger partial charge on any atom is 0.190 e. The van der Waals surface area contributed by atoms with E-state index in [4.69, 9.17) is 11.6 Å². The van der Waals surface area contributed by atoms with E-state index in [1.54, 1.807) is 6.20 Å². The number of halogens is 1. The smallest absolute Gasteiger partial charge is 0.190 e. The summed E-state index contributed by atoms with van der Waals surface area (Å²) in [5, 5.41) is 8.58. The Kier molecular flexibility index (Phi) is 3.24. The van der Waals surface area contributed by atoms with Gasteiger partial charge >= 0.3 is 0 Å². The van der Waals surface area contributed by atoms with Gasteiger partial charge in [-0.1, -0.05) is 59.8 Å².